The molecule has 1 aliphatic heterocycles. The highest BCUT2D eigenvalue weighted by molar-refractivity contribution is 7.18. The number of hydrazone groups is 1. The van der Waals surface area contributed by atoms with Gasteiger partial charge in [-0.2, -0.15) is 5.10 Å². The van der Waals surface area contributed by atoms with Gasteiger partial charge in [-0.15, -0.1) is 11.3 Å². The number of nitrogens with zero attached hydrogens (tertiary/aromatic N) is 1. The molecule has 0 radical (unpaired) electrons. The van der Waals surface area contributed by atoms with Crippen LogP contribution in [-0.2, 0) is 0 Å². The highest BCUT2D eigenvalue weighted by atomic mass is 35.5. The number of nitrogens with two attached hydrogens (primary N) is 1. The number of fused-ring (bicyclic) bond motifs is 1. The fraction of sp³-hybridized carbons (Fsp3) is 0.0526. The molecule has 136 valence electrons. The van der Waals surface area contributed by atoms with Crippen molar-refractivity contribution in [3.05, 3.63) is 64.0 Å². The average Bonchev–Trinajstić information content (AvgIpc) is 3.29. The second kappa shape index (κ2) is 7.30. The zero-order valence-corrected chi connectivity index (χ0v) is 15.5. The molecule has 0 unspecified atom stereocenters. The Hall–Kier alpha value is -3.03. The van der Waals surface area contributed by atoms with Crippen molar-refractivity contribution in [3.63, 3.8) is 0 Å². The van der Waals surface area contributed by atoms with E-state index in [2.05, 4.69) is 10.5 Å². The summed E-state index contributed by atoms with van der Waals surface area (Å²) in [6.45, 7) is 0.133. The normalized spacial score (nSPS) is 12.5. The number of hydrogen-bond donors (Lipinski definition) is 2. The molecule has 0 fully saturated rings. The molecule has 0 aliphatic carbocycles. The van der Waals surface area contributed by atoms with Crippen molar-refractivity contribution in [2.24, 2.45) is 5.10 Å². The molecule has 2 heterocycles. The second-order valence-electron chi connectivity index (χ2n) is 5.70. The second-order valence-corrected chi connectivity index (χ2v) is 7.16. The van der Waals surface area contributed by atoms with E-state index in [9.17, 15) is 4.79 Å². The van der Waals surface area contributed by atoms with E-state index in [1.54, 1.807) is 18.2 Å². The van der Waals surface area contributed by atoms with Gasteiger partial charge in [-0.25, -0.2) is 5.43 Å². The Labute approximate surface area is 164 Å². The molecule has 1 aromatic heterocycles. The number of thiophene rings is 1. The van der Waals surface area contributed by atoms with Gasteiger partial charge in [-0.1, -0.05) is 41.9 Å². The standard InChI is InChI=1S/C19H14ClN3O3S/c20-13-6-11(7-15-17(13)26-10-25-15)9-22-23-19(24)18-14(21)8-16(27-18)12-4-2-1-3-5-12/h1-9H,10,21H2,(H,23,24)/b22-9-. The van der Waals surface area contributed by atoms with Crippen LogP contribution in [0.1, 0.15) is 15.2 Å². The molecule has 0 saturated carbocycles. The number of carbonyl (C=O) groups excluding carboxylic acids is 1. The highest BCUT2D eigenvalue weighted by Crippen LogP contribution is 2.39. The van der Waals surface area contributed by atoms with Gasteiger partial charge in [0, 0.05) is 4.88 Å². The van der Waals surface area contributed by atoms with Gasteiger partial charge in [-0.3, -0.25) is 4.79 Å². The summed E-state index contributed by atoms with van der Waals surface area (Å²) in [6, 6.07) is 14.9. The predicted molar refractivity (Wildman–Crippen MR) is 107 cm³/mol. The van der Waals surface area contributed by atoms with Crippen LogP contribution in [0.15, 0.2) is 53.6 Å². The van der Waals surface area contributed by atoms with Crippen LogP contribution in [0.5, 0.6) is 11.5 Å². The maximum atomic E-state index is 12.4. The zero-order chi connectivity index (χ0) is 18.8. The van der Waals surface area contributed by atoms with Crippen LogP contribution in [-0.4, -0.2) is 18.9 Å². The fourth-order valence-electron chi connectivity index (χ4n) is 2.61. The average molecular weight is 400 g/mol. The first-order chi connectivity index (χ1) is 13.1. The minimum atomic E-state index is -0.372. The van der Waals surface area contributed by atoms with Gasteiger partial charge in [0.25, 0.3) is 5.91 Å². The number of hydrogen-bond acceptors (Lipinski definition) is 6. The van der Waals surface area contributed by atoms with Crippen LogP contribution in [0, 0.1) is 0 Å². The SMILES string of the molecule is Nc1cc(-c2ccccc2)sc1C(=O)N/N=C\c1cc(Cl)c2c(c1)OCO2. The van der Waals surface area contributed by atoms with Crippen LogP contribution in [0.2, 0.25) is 5.02 Å². The Morgan fingerprint density at radius 2 is 2.04 bits per heavy atom. The molecule has 3 N–H and O–H groups in total. The quantitative estimate of drug-likeness (QED) is 0.510. The zero-order valence-electron chi connectivity index (χ0n) is 13.9. The summed E-state index contributed by atoms with van der Waals surface area (Å²) in [7, 11) is 0. The van der Waals surface area contributed by atoms with Crippen LogP contribution in [0.3, 0.4) is 0 Å². The maximum absolute atomic E-state index is 12.4. The molecule has 8 heteroatoms. The number of halogens is 1. The Kier molecular flexibility index (Phi) is 4.70. The van der Waals surface area contributed by atoms with Crippen molar-refractivity contribution in [2.45, 2.75) is 0 Å². The molecule has 0 saturated heterocycles. The molecular weight excluding hydrogens is 386 g/mol. The summed E-state index contributed by atoms with van der Waals surface area (Å²) < 4.78 is 10.6. The van der Waals surface area contributed by atoms with E-state index in [1.165, 1.54) is 17.6 Å². The first-order valence-corrected chi connectivity index (χ1v) is 9.18. The van der Waals surface area contributed by atoms with Crippen molar-refractivity contribution < 1.29 is 14.3 Å². The van der Waals surface area contributed by atoms with Crippen LogP contribution >= 0.6 is 22.9 Å². The van der Waals surface area contributed by atoms with Gasteiger partial charge < -0.3 is 15.2 Å². The van der Waals surface area contributed by atoms with Crippen molar-refractivity contribution in [3.8, 4) is 21.9 Å². The Morgan fingerprint density at radius 1 is 1.22 bits per heavy atom. The largest absolute Gasteiger partial charge is 0.454 e. The van der Waals surface area contributed by atoms with E-state index in [4.69, 9.17) is 26.8 Å². The third-order valence-electron chi connectivity index (χ3n) is 3.85. The topological polar surface area (TPSA) is 85.9 Å². The lowest BCUT2D eigenvalue weighted by molar-refractivity contribution is 0.0960. The number of benzene rings is 2. The van der Waals surface area contributed by atoms with Crippen molar-refractivity contribution in [2.75, 3.05) is 12.5 Å². The van der Waals surface area contributed by atoms with E-state index in [0.717, 1.165) is 10.4 Å². The number of carbonyl (C=O) groups is 1. The van der Waals surface area contributed by atoms with E-state index in [0.29, 0.717) is 32.6 Å². The number of anilines is 1. The number of nitrogens with one attached hydrogen (secondary N) is 1. The van der Waals surface area contributed by atoms with Gasteiger partial charge in [0.2, 0.25) is 6.79 Å². The molecular formula is C19H14ClN3O3S. The van der Waals surface area contributed by atoms with Gasteiger partial charge in [0.1, 0.15) is 4.88 Å². The predicted octanol–water partition coefficient (Wildman–Crippen LogP) is 4.14. The summed E-state index contributed by atoms with van der Waals surface area (Å²) in [4.78, 5) is 13.7. The van der Waals surface area contributed by atoms with E-state index < -0.39 is 0 Å². The molecule has 1 aliphatic rings. The monoisotopic (exact) mass is 399 g/mol. The van der Waals surface area contributed by atoms with E-state index >= 15 is 0 Å². The van der Waals surface area contributed by atoms with Gasteiger partial charge >= 0.3 is 0 Å². The molecule has 3 aromatic rings. The highest BCUT2D eigenvalue weighted by Gasteiger charge is 2.18. The van der Waals surface area contributed by atoms with Gasteiger partial charge in [0.15, 0.2) is 11.5 Å². The Bertz CT molecular complexity index is 1030. The van der Waals surface area contributed by atoms with E-state index in [-0.39, 0.29) is 12.7 Å². The summed E-state index contributed by atoms with van der Waals surface area (Å²) in [5.74, 6) is 0.686. The molecule has 4 rings (SSSR count). The lowest BCUT2D eigenvalue weighted by Gasteiger charge is -2.01. The van der Waals surface area contributed by atoms with Crippen LogP contribution in [0.4, 0.5) is 5.69 Å². The van der Waals surface area contributed by atoms with Crippen molar-refractivity contribution in [1.82, 2.24) is 5.43 Å². The lowest BCUT2D eigenvalue weighted by atomic mass is 10.2. The molecule has 6 nitrogen and oxygen atoms in total. The molecule has 27 heavy (non-hydrogen) atoms. The summed E-state index contributed by atoms with van der Waals surface area (Å²) in [6.07, 6.45) is 1.48. The Balaban J connectivity index is 1.48. The van der Waals surface area contributed by atoms with Crippen LogP contribution in [0.25, 0.3) is 10.4 Å². The van der Waals surface area contributed by atoms with Gasteiger partial charge in [0.05, 0.1) is 16.9 Å². The van der Waals surface area contributed by atoms with E-state index in [1.807, 2.05) is 30.3 Å². The van der Waals surface area contributed by atoms with Crippen molar-refractivity contribution in [1.29, 1.82) is 0 Å². The number of amides is 1. The molecule has 0 bridgehead atoms. The molecule has 2 aromatic carbocycles. The minimum absolute atomic E-state index is 0.133. The molecule has 0 atom stereocenters. The van der Waals surface area contributed by atoms with Gasteiger partial charge in [-0.05, 0) is 29.3 Å². The summed E-state index contributed by atoms with van der Waals surface area (Å²) in [5.41, 5.74) is 10.6. The minimum Gasteiger partial charge on any atom is -0.454 e. The number of ether oxygens (including phenoxy) is 2. The maximum Gasteiger partial charge on any atom is 0.283 e. The number of rotatable bonds is 4. The fourth-order valence-corrected chi connectivity index (χ4v) is 3.85. The lowest BCUT2D eigenvalue weighted by Crippen LogP contribution is -2.17. The first-order valence-electron chi connectivity index (χ1n) is 7.99. The van der Waals surface area contributed by atoms with Crippen LogP contribution < -0.4 is 20.6 Å². The third-order valence-corrected chi connectivity index (χ3v) is 5.33. The molecule has 0 spiro atoms. The smallest absolute Gasteiger partial charge is 0.283 e. The third kappa shape index (κ3) is 3.60. The Morgan fingerprint density at radius 3 is 2.85 bits per heavy atom. The summed E-state index contributed by atoms with van der Waals surface area (Å²) in [5, 5.41) is 4.40. The number of nitrogen functional groups attached to an aromatic ring is 1. The molecule has 1 amide bonds. The summed E-state index contributed by atoms with van der Waals surface area (Å²) >= 11 is 7.44. The first kappa shape index (κ1) is 17.4. The van der Waals surface area contributed by atoms with Crippen molar-refractivity contribution >= 4 is 40.7 Å².